The maximum absolute atomic E-state index is 12.3. The van der Waals surface area contributed by atoms with E-state index in [-0.39, 0.29) is 17.1 Å². The van der Waals surface area contributed by atoms with E-state index in [9.17, 15) is 28.1 Å². The van der Waals surface area contributed by atoms with Crippen LogP contribution in [0.3, 0.4) is 0 Å². The van der Waals surface area contributed by atoms with E-state index < -0.39 is 22.9 Å². The van der Waals surface area contributed by atoms with E-state index in [0.29, 0.717) is 22.1 Å². The number of benzene rings is 2. The van der Waals surface area contributed by atoms with Gasteiger partial charge < -0.3 is 10.1 Å². The summed E-state index contributed by atoms with van der Waals surface area (Å²) in [6.07, 6.45) is -4.80. The van der Waals surface area contributed by atoms with Crippen molar-refractivity contribution in [2.75, 3.05) is 11.1 Å². The summed E-state index contributed by atoms with van der Waals surface area (Å²) in [6.45, 7) is 0. The molecule has 10 nitrogen and oxygen atoms in total. The second-order valence-corrected chi connectivity index (χ2v) is 7.63. The summed E-state index contributed by atoms with van der Waals surface area (Å²) >= 11 is 1.04. The lowest BCUT2D eigenvalue weighted by atomic mass is 10.1. The molecule has 0 aliphatic heterocycles. The molecule has 2 heterocycles. The molecule has 2 aromatic carbocycles. The van der Waals surface area contributed by atoms with E-state index in [1.165, 1.54) is 28.8 Å². The Labute approximate surface area is 192 Å². The highest BCUT2D eigenvalue weighted by atomic mass is 32.2. The summed E-state index contributed by atoms with van der Waals surface area (Å²) in [5, 5.41) is 26.3. The lowest BCUT2D eigenvalue weighted by Crippen LogP contribution is -2.17. The number of hydrogen-bond donors (Lipinski definition) is 1. The van der Waals surface area contributed by atoms with E-state index in [2.05, 4.69) is 25.3 Å². The van der Waals surface area contributed by atoms with Crippen LogP contribution in [0.25, 0.3) is 16.9 Å². The lowest BCUT2D eigenvalue weighted by molar-refractivity contribution is -0.384. The molecule has 0 saturated carbocycles. The predicted molar refractivity (Wildman–Crippen MR) is 115 cm³/mol. The minimum absolute atomic E-state index is 0.0765. The molecule has 1 N–H and O–H groups in total. The Bertz CT molecular complexity index is 1360. The van der Waals surface area contributed by atoms with Crippen molar-refractivity contribution in [2.24, 2.45) is 0 Å². The number of halogens is 3. The van der Waals surface area contributed by atoms with Crippen molar-refractivity contribution in [1.82, 2.24) is 19.8 Å². The Morgan fingerprint density at radius 3 is 2.59 bits per heavy atom. The van der Waals surface area contributed by atoms with E-state index in [0.717, 1.165) is 23.9 Å². The molecule has 0 spiro atoms. The average molecular weight is 490 g/mol. The number of non-ortho nitro benzene ring substituents is 1. The number of anilines is 1. The molecule has 0 atom stereocenters. The quantitative estimate of drug-likeness (QED) is 0.231. The number of hydrogen-bond acceptors (Lipinski definition) is 8. The van der Waals surface area contributed by atoms with Crippen LogP contribution in [0.5, 0.6) is 5.75 Å². The van der Waals surface area contributed by atoms with Gasteiger partial charge in [-0.2, -0.15) is 9.61 Å². The topological polar surface area (TPSA) is 125 Å². The monoisotopic (exact) mass is 490 g/mol. The number of nitrogens with zero attached hydrogens (tertiary/aromatic N) is 5. The first-order valence-electron chi connectivity index (χ1n) is 9.44. The number of aromatic nitrogens is 4. The molecule has 0 saturated heterocycles. The molecular weight excluding hydrogens is 477 g/mol. The number of carbonyl (C=O) groups is 1. The number of nitro groups is 1. The number of alkyl halides is 3. The lowest BCUT2D eigenvalue weighted by Gasteiger charge is -2.09. The van der Waals surface area contributed by atoms with E-state index in [1.807, 2.05) is 0 Å². The van der Waals surface area contributed by atoms with Gasteiger partial charge in [0.25, 0.3) is 5.69 Å². The van der Waals surface area contributed by atoms with Gasteiger partial charge in [-0.15, -0.1) is 23.4 Å². The molecule has 0 aliphatic carbocycles. The van der Waals surface area contributed by atoms with Crippen molar-refractivity contribution in [3.63, 3.8) is 0 Å². The van der Waals surface area contributed by atoms with Crippen LogP contribution in [0.2, 0.25) is 0 Å². The van der Waals surface area contributed by atoms with Gasteiger partial charge in [-0.3, -0.25) is 14.9 Å². The van der Waals surface area contributed by atoms with E-state index >= 15 is 0 Å². The second kappa shape index (κ2) is 9.35. The van der Waals surface area contributed by atoms with Crippen LogP contribution in [-0.2, 0) is 4.79 Å². The Balaban J connectivity index is 1.43. The molecule has 4 rings (SSSR count). The molecule has 0 fully saturated rings. The van der Waals surface area contributed by atoms with Gasteiger partial charge in [0.1, 0.15) is 5.75 Å². The zero-order chi connectivity index (χ0) is 24.3. The van der Waals surface area contributed by atoms with Crippen LogP contribution in [0.4, 0.5) is 24.5 Å². The van der Waals surface area contributed by atoms with Crippen molar-refractivity contribution < 1.29 is 27.6 Å². The predicted octanol–water partition coefficient (Wildman–Crippen LogP) is 4.33. The van der Waals surface area contributed by atoms with Gasteiger partial charge in [0, 0.05) is 23.4 Å². The molecule has 0 aliphatic rings. The molecule has 4 aromatic rings. The molecule has 14 heteroatoms. The summed E-state index contributed by atoms with van der Waals surface area (Å²) in [4.78, 5) is 22.8. The largest absolute Gasteiger partial charge is 0.573 e. The average Bonchev–Trinajstić information content (AvgIpc) is 3.20. The first kappa shape index (κ1) is 23.0. The summed E-state index contributed by atoms with van der Waals surface area (Å²) in [6, 6.07) is 14.0. The normalized spacial score (nSPS) is 11.4. The number of carbonyl (C=O) groups excluding carboxylic acids is 1. The Kier molecular flexibility index (Phi) is 6.32. The summed E-state index contributed by atoms with van der Waals surface area (Å²) in [5.41, 5.74) is 1.60. The number of amides is 1. The van der Waals surface area contributed by atoms with Crippen molar-refractivity contribution in [1.29, 1.82) is 0 Å². The summed E-state index contributed by atoms with van der Waals surface area (Å²) in [7, 11) is 0. The third-order valence-corrected chi connectivity index (χ3v) is 5.21. The van der Waals surface area contributed by atoms with Crippen molar-refractivity contribution in [3.05, 3.63) is 70.8 Å². The number of rotatable bonds is 7. The number of nitro benzene ring substituents is 1. The fraction of sp³-hybridized carbons (Fsp3) is 0.100. The summed E-state index contributed by atoms with van der Waals surface area (Å²) in [5.74, 6) is -0.911. The number of nitrogens with one attached hydrogen (secondary N) is 1. The van der Waals surface area contributed by atoms with Crippen LogP contribution in [0, 0.1) is 10.1 Å². The minimum atomic E-state index is -4.80. The van der Waals surface area contributed by atoms with Gasteiger partial charge >= 0.3 is 6.36 Å². The van der Waals surface area contributed by atoms with Gasteiger partial charge in [0.15, 0.2) is 5.65 Å². The highest BCUT2D eigenvalue weighted by molar-refractivity contribution is 7.99. The van der Waals surface area contributed by atoms with Gasteiger partial charge in [-0.05, 0) is 36.4 Å². The second-order valence-electron chi connectivity index (χ2n) is 6.69. The van der Waals surface area contributed by atoms with Gasteiger partial charge in [-0.25, -0.2) is 0 Å². The van der Waals surface area contributed by atoms with Crippen LogP contribution in [0.15, 0.2) is 65.8 Å². The van der Waals surface area contributed by atoms with Crippen molar-refractivity contribution >= 4 is 34.7 Å². The SMILES string of the molecule is O=C(CSc1nnc2ccc(-c3cccc([N+](=O)[O-])c3)nn12)Nc1ccc(OC(F)(F)F)cc1. The van der Waals surface area contributed by atoms with E-state index in [1.54, 1.807) is 24.3 Å². The van der Waals surface area contributed by atoms with Crippen LogP contribution in [0.1, 0.15) is 0 Å². The first-order valence-corrected chi connectivity index (χ1v) is 10.4. The standard InChI is InChI=1S/C20H13F3N6O4S/c21-20(22,23)33-15-6-4-13(5-7-15)24-18(30)11-34-19-26-25-17-9-8-16(27-28(17)19)12-2-1-3-14(10-12)29(31)32/h1-10H,11H2,(H,24,30). The highest BCUT2D eigenvalue weighted by Crippen LogP contribution is 2.25. The minimum Gasteiger partial charge on any atom is -0.406 e. The van der Waals surface area contributed by atoms with Gasteiger partial charge in [0.2, 0.25) is 11.1 Å². The van der Waals surface area contributed by atoms with Crippen LogP contribution >= 0.6 is 11.8 Å². The Morgan fingerprint density at radius 2 is 1.88 bits per heavy atom. The molecule has 0 unspecified atom stereocenters. The number of ether oxygens (including phenoxy) is 1. The molecule has 0 bridgehead atoms. The maximum Gasteiger partial charge on any atom is 0.573 e. The van der Waals surface area contributed by atoms with Crippen LogP contribution in [-0.4, -0.2) is 42.8 Å². The molecule has 1 amide bonds. The molecular formula is C20H13F3N6O4S. The fourth-order valence-electron chi connectivity index (χ4n) is 2.86. The first-order chi connectivity index (χ1) is 16.2. The van der Waals surface area contributed by atoms with Crippen molar-refractivity contribution in [2.45, 2.75) is 11.5 Å². The molecule has 2 aromatic heterocycles. The maximum atomic E-state index is 12.3. The molecule has 34 heavy (non-hydrogen) atoms. The third-order valence-electron chi connectivity index (χ3n) is 4.29. The van der Waals surface area contributed by atoms with Gasteiger partial charge in [0.05, 0.1) is 16.4 Å². The molecule has 174 valence electrons. The highest BCUT2D eigenvalue weighted by Gasteiger charge is 2.31. The Hall–Kier alpha value is -4.20. The number of thioether (sulfide) groups is 1. The van der Waals surface area contributed by atoms with Crippen LogP contribution < -0.4 is 10.1 Å². The van der Waals surface area contributed by atoms with Gasteiger partial charge in [-0.1, -0.05) is 23.9 Å². The number of fused-ring (bicyclic) bond motifs is 1. The summed E-state index contributed by atoms with van der Waals surface area (Å²) < 4.78 is 41.9. The third kappa shape index (κ3) is 5.58. The van der Waals surface area contributed by atoms with E-state index in [4.69, 9.17) is 0 Å². The zero-order valence-electron chi connectivity index (χ0n) is 16.9. The van der Waals surface area contributed by atoms with Crippen molar-refractivity contribution in [3.8, 4) is 17.0 Å². The zero-order valence-corrected chi connectivity index (χ0v) is 17.7. The smallest absolute Gasteiger partial charge is 0.406 e. The Morgan fingerprint density at radius 1 is 1.12 bits per heavy atom. The fourth-order valence-corrected chi connectivity index (χ4v) is 3.55. The molecule has 0 radical (unpaired) electrons.